The highest BCUT2D eigenvalue weighted by Gasteiger charge is 2.35. The maximum atomic E-state index is 12.2. The zero-order chi connectivity index (χ0) is 20.8. The van der Waals surface area contributed by atoms with Crippen LogP contribution in [0.25, 0.3) is 0 Å². The van der Waals surface area contributed by atoms with Gasteiger partial charge in [0.15, 0.2) is 0 Å². The van der Waals surface area contributed by atoms with Crippen LogP contribution in [0, 0.1) is 5.92 Å². The molecule has 0 aromatic heterocycles. The number of ketones is 1. The minimum absolute atomic E-state index is 0.0745. The Morgan fingerprint density at radius 3 is 2.69 bits per heavy atom. The number of hydrogen-bond donors (Lipinski definition) is 3. The molecule has 29 heavy (non-hydrogen) atoms. The zero-order valence-corrected chi connectivity index (χ0v) is 16.4. The summed E-state index contributed by atoms with van der Waals surface area (Å²) >= 11 is 0. The van der Waals surface area contributed by atoms with Crippen molar-refractivity contribution in [1.82, 2.24) is 10.6 Å². The van der Waals surface area contributed by atoms with E-state index < -0.39 is 5.92 Å². The Bertz CT molecular complexity index is 899. The van der Waals surface area contributed by atoms with E-state index in [0.717, 1.165) is 17.6 Å². The summed E-state index contributed by atoms with van der Waals surface area (Å²) in [6, 6.07) is 7.38. The van der Waals surface area contributed by atoms with Crippen LogP contribution in [0.3, 0.4) is 0 Å². The molecule has 0 aliphatic carbocycles. The van der Waals surface area contributed by atoms with E-state index in [1.165, 1.54) is 0 Å². The number of guanidine groups is 1. The van der Waals surface area contributed by atoms with Gasteiger partial charge in [-0.3, -0.25) is 19.7 Å². The number of benzene rings is 1. The normalized spacial score (nSPS) is 17.6. The van der Waals surface area contributed by atoms with Crippen molar-refractivity contribution in [3.05, 3.63) is 47.2 Å². The van der Waals surface area contributed by atoms with Crippen LogP contribution in [0.15, 0.2) is 46.0 Å². The van der Waals surface area contributed by atoms with Crippen molar-refractivity contribution in [2.24, 2.45) is 21.6 Å². The number of carbonyl (C=O) groups excluding carboxylic acids is 3. The van der Waals surface area contributed by atoms with E-state index in [1.54, 1.807) is 18.3 Å². The SMILES string of the molecule is CCC(=O)CCCNC(=O)c1ccc(CCC2=CN=C3N=C(N)NC(=O)C23)cc1. The van der Waals surface area contributed by atoms with Gasteiger partial charge in [-0.2, -0.15) is 4.99 Å². The van der Waals surface area contributed by atoms with Gasteiger partial charge in [-0.25, -0.2) is 4.99 Å². The summed E-state index contributed by atoms with van der Waals surface area (Å²) in [5, 5.41) is 5.36. The van der Waals surface area contributed by atoms with Gasteiger partial charge in [0.05, 0.1) is 0 Å². The van der Waals surface area contributed by atoms with Crippen molar-refractivity contribution >= 4 is 29.4 Å². The van der Waals surface area contributed by atoms with Gasteiger partial charge in [0.1, 0.15) is 17.5 Å². The summed E-state index contributed by atoms with van der Waals surface area (Å²) in [6.07, 6.45) is 4.75. The molecule has 1 aromatic carbocycles. The third-order valence-electron chi connectivity index (χ3n) is 4.97. The number of hydrogen-bond acceptors (Lipinski definition) is 6. The molecular formula is C21H25N5O3. The first-order valence-electron chi connectivity index (χ1n) is 9.78. The Kier molecular flexibility index (Phi) is 6.54. The summed E-state index contributed by atoms with van der Waals surface area (Å²) in [5.74, 6) is -0.0928. The second-order valence-electron chi connectivity index (χ2n) is 7.06. The number of amidine groups is 1. The molecule has 0 saturated heterocycles. The Balaban J connectivity index is 1.47. The van der Waals surface area contributed by atoms with E-state index in [-0.39, 0.29) is 23.6 Å². The van der Waals surface area contributed by atoms with Gasteiger partial charge in [-0.1, -0.05) is 19.1 Å². The molecule has 1 atom stereocenters. The molecule has 8 heteroatoms. The Labute approximate surface area is 169 Å². The number of nitrogens with zero attached hydrogens (tertiary/aromatic N) is 2. The summed E-state index contributed by atoms with van der Waals surface area (Å²) in [6.45, 7) is 2.32. The Hall–Kier alpha value is -3.29. The summed E-state index contributed by atoms with van der Waals surface area (Å²) in [4.78, 5) is 43.8. The molecule has 0 fully saturated rings. The molecule has 2 amide bonds. The maximum absolute atomic E-state index is 12.2. The van der Waals surface area contributed by atoms with Gasteiger partial charge >= 0.3 is 0 Å². The van der Waals surface area contributed by atoms with E-state index in [0.29, 0.717) is 43.6 Å². The second-order valence-corrected chi connectivity index (χ2v) is 7.06. The van der Waals surface area contributed by atoms with Crippen LogP contribution in [0.4, 0.5) is 0 Å². The molecule has 3 rings (SSSR count). The largest absolute Gasteiger partial charge is 0.369 e. The number of fused-ring (bicyclic) bond motifs is 1. The van der Waals surface area contributed by atoms with Gasteiger partial charge in [0, 0.05) is 31.1 Å². The molecular weight excluding hydrogens is 370 g/mol. The fourth-order valence-corrected chi connectivity index (χ4v) is 3.28. The highest BCUT2D eigenvalue weighted by molar-refractivity contribution is 6.19. The number of rotatable bonds is 9. The van der Waals surface area contributed by atoms with Crippen molar-refractivity contribution in [3.8, 4) is 0 Å². The lowest BCUT2D eigenvalue weighted by Gasteiger charge is -2.19. The third kappa shape index (κ3) is 5.16. The van der Waals surface area contributed by atoms with Crippen LogP contribution in [0.1, 0.15) is 48.5 Å². The molecule has 2 aliphatic heterocycles. The van der Waals surface area contributed by atoms with Crippen molar-refractivity contribution in [2.45, 2.75) is 39.0 Å². The number of nitrogens with one attached hydrogen (secondary N) is 2. The highest BCUT2D eigenvalue weighted by atomic mass is 16.2. The van der Waals surface area contributed by atoms with Gasteiger partial charge in [0.2, 0.25) is 11.9 Å². The first-order valence-corrected chi connectivity index (χ1v) is 9.78. The number of aryl methyl sites for hydroxylation is 1. The van der Waals surface area contributed by atoms with Gasteiger partial charge in [-0.15, -0.1) is 0 Å². The first-order chi connectivity index (χ1) is 14.0. The number of nitrogens with two attached hydrogens (primary N) is 1. The van der Waals surface area contributed by atoms with Gasteiger partial charge in [-0.05, 0) is 42.5 Å². The molecule has 0 bridgehead atoms. The predicted molar refractivity (Wildman–Crippen MR) is 110 cm³/mol. The standard InChI is InChI=1S/C21H25N5O3/c1-2-16(27)4-3-11-23-19(28)14-8-5-13(6-9-14)7-10-15-12-24-18-17(15)20(29)26-21(22)25-18/h5-6,8-9,12,17H,2-4,7,10-11H2,1H3,(H,23,28)(H3,22,24,25,26,29). The Morgan fingerprint density at radius 2 is 1.97 bits per heavy atom. The summed E-state index contributed by atoms with van der Waals surface area (Å²) in [5.41, 5.74) is 8.09. The lowest BCUT2D eigenvalue weighted by atomic mass is 9.93. The average Bonchev–Trinajstić information content (AvgIpc) is 3.12. The van der Waals surface area contributed by atoms with Crippen LogP contribution < -0.4 is 16.4 Å². The molecule has 0 radical (unpaired) electrons. The van der Waals surface area contributed by atoms with Gasteiger partial charge < -0.3 is 11.1 Å². The molecule has 4 N–H and O–H groups in total. The number of carbonyl (C=O) groups is 3. The van der Waals surface area contributed by atoms with Crippen LogP contribution in [-0.2, 0) is 16.0 Å². The van der Waals surface area contributed by atoms with Crippen LogP contribution >= 0.6 is 0 Å². The number of amides is 2. The minimum Gasteiger partial charge on any atom is -0.369 e. The van der Waals surface area contributed by atoms with Crippen LogP contribution in [-0.4, -0.2) is 35.9 Å². The fourth-order valence-electron chi connectivity index (χ4n) is 3.28. The topological polar surface area (TPSA) is 126 Å². The monoisotopic (exact) mass is 395 g/mol. The molecule has 0 spiro atoms. The predicted octanol–water partition coefficient (Wildman–Crippen LogP) is 1.47. The molecule has 8 nitrogen and oxygen atoms in total. The molecule has 152 valence electrons. The van der Waals surface area contributed by atoms with E-state index in [1.807, 2.05) is 19.1 Å². The van der Waals surface area contributed by atoms with Crippen molar-refractivity contribution in [3.63, 3.8) is 0 Å². The smallest absolute Gasteiger partial charge is 0.251 e. The van der Waals surface area contributed by atoms with Crippen molar-refractivity contribution < 1.29 is 14.4 Å². The Morgan fingerprint density at radius 1 is 1.21 bits per heavy atom. The van der Waals surface area contributed by atoms with E-state index >= 15 is 0 Å². The molecule has 1 unspecified atom stereocenters. The average molecular weight is 395 g/mol. The minimum atomic E-state index is -0.466. The number of aliphatic imine (C=N–C) groups is 2. The molecule has 2 aliphatic rings. The van der Waals surface area contributed by atoms with Crippen molar-refractivity contribution in [2.75, 3.05) is 6.54 Å². The van der Waals surface area contributed by atoms with Crippen molar-refractivity contribution in [1.29, 1.82) is 0 Å². The van der Waals surface area contributed by atoms with E-state index in [9.17, 15) is 14.4 Å². The quantitative estimate of drug-likeness (QED) is 0.547. The lowest BCUT2D eigenvalue weighted by molar-refractivity contribution is -0.121. The zero-order valence-electron chi connectivity index (χ0n) is 16.4. The lowest BCUT2D eigenvalue weighted by Crippen LogP contribution is -2.47. The number of Topliss-reactive ketones (excluding diaryl/α,β-unsaturated/α-hetero) is 1. The summed E-state index contributed by atoms with van der Waals surface area (Å²) in [7, 11) is 0. The molecule has 2 heterocycles. The third-order valence-corrected chi connectivity index (χ3v) is 4.97. The van der Waals surface area contributed by atoms with Gasteiger partial charge in [0.25, 0.3) is 5.91 Å². The van der Waals surface area contributed by atoms with Crippen LogP contribution in [0.2, 0.25) is 0 Å². The highest BCUT2D eigenvalue weighted by Crippen LogP contribution is 2.27. The summed E-state index contributed by atoms with van der Waals surface area (Å²) < 4.78 is 0. The first kappa shape index (κ1) is 20.4. The molecule has 0 saturated carbocycles. The molecule has 1 aromatic rings. The maximum Gasteiger partial charge on any atom is 0.251 e. The van der Waals surface area contributed by atoms with Crippen LogP contribution in [0.5, 0.6) is 0 Å². The van der Waals surface area contributed by atoms with E-state index in [2.05, 4.69) is 20.6 Å². The van der Waals surface area contributed by atoms with E-state index in [4.69, 9.17) is 5.73 Å². The fraction of sp³-hybridized carbons (Fsp3) is 0.381. The second kappa shape index (κ2) is 9.27.